The molecule has 0 N–H and O–H groups in total. The molecular weight excluding hydrogens is 382 g/mol. The molecule has 7 nitrogen and oxygen atoms in total. The molecule has 0 aliphatic heterocycles. The highest BCUT2D eigenvalue weighted by Gasteiger charge is 2.19. The standard InChI is InChI=1S/C23H27N3O4/c1-14(2)26-15(3)12-18(16(26)4)20(27)13-30-22(28)11-10-21-24-19-9-7-6-8-17(19)23(29)25(21)5/h6-9,12,14H,10-11,13H2,1-5H3. The summed E-state index contributed by atoms with van der Waals surface area (Å²) in [7, 11) is 1.64. The van der Waals surface area contributed by atoms with Crippen LogP contribution in [0.25, 0.3) is 10.9 Å². The zero-order chi connectivity index (χ0) is 22.0. The van der Waals surface area contributed by atoms with Crippen molar-refractivity contribution in [2.75, 3.05) is 6.61 Å². The molecule has 0 aliphatic rings. The number of esters is 1. The third kappa shape index (κ3) is 4.20. The summed E-state index contributed by atoms with van der Waals surface area (Å²) in [5.41, 5.74) is 2.89. The second-order valence-corrected chi connectivity index (χ2v) is 7.74. The van der Waals surface area contributed by atoms with Crippen molar-refractivity contribution in [2.24, 2.45) is 7.05 Å². The number of hydrogen-bond acceptors (Lipinski definition) is 5. The molecule has 7 heteroatoms. The van der Waals surface area contributed by atoms with E-state index < -0.39 is 5.97 Å². The molecule has 0 atom stereocenters. The first-order valence-electron chi connectivity index (χ1n) is 10.0. The third-order valence-corrected chi connectivity index (χ3v) is 5.29. The van der Waals surface area contributed by atoms with Gasteiger partial charge in [-0.2, -0.15) is 0 Å². The van der Waals surface area contributed by atoms with Crippen molar-refractivity contribution in [1.82, 2.24) is 14.1 Å². The fourth-order valence-electron chi connectivity index (χ4n) is 3.85. The summed E-state index contributed by atoms with van der Waals surface area (Å²) in [6.45, 7) is 7.67. The summed E-state index contributed by atoms with van der Waals surface area (Å²) in [6.07, 6.45) is 0.294. The molecule has 158 valence electrons. The van der Waals surface area contributed by atoms with Crippen LogP contribution >= 0.6 is 0 Å². The van der Waals surface area contributed by atoms with E-state index in [0.29, 0.717) is 22.3 Å². The van der Waals surface area contributed by atoms with E-state index in [1.54, 1.807) is 25.2 Å². The number of aromatic nitrogens is 3. The second-order valence-electron chi connectivity index (χ2n) is 7.74. The smallest absolute Gasteiger partial charge is 0.306 e. The zero-order valence-corrected chi connectivity index (χ0v) is 18.1. The summed E-state index contributed by atoms with van der Waals surface area (Å²) >= 11 is 0. The monoisotopic (exact) mass is 409 g/mol. The number of para-hydroxylation sites is 1. The number of benzene rings is 1. The maximum absolute atomic E-state index is 12.5. The Labute approximate surface area is 175 Å². The predicted molar refractivity (Wildman–Crippen MR) is 115 cm³/mol. The Balaban J connectivity index is 1.63. The van der Waals surface area contributed by atoms with Gasteiger partial charge in [0.15, 0.2) is 6.61 Å². The Bertz CT molecular complexity index is 1170. The SMILES string of the molecule is Cc1cc(C(=O)COC(=O)CCc2nc3ccccc3c(=O)n2C)c(C)n1C(C)C. The van der Waals surface area contributed by atoms with Crippen LogP contribution in [-0.4, -0.2) is 32.5 Å². The molecule has 0 radical (unpaired) electrons. The van der Waals surface area contributed by atoms with E-state index in [1.807, 2.05) is 26.0 Å². The number of rotatable bonds is 7. The van der Waals surface area contributed by atoms with Gasteiger partial charge >= 0.3 is 5.97 Å². The van der Waals surface area contributed by atoms with Gasteiger partial charge in [-0.1, -0.05) is 12.1 Å². The fraction of sp³-hybridized carbons (Fsp3) is 0.391. The van der Waals surface area contributed by atoms with Crippen LogP contribution in [0.3, 0.4) is 0 Å². The molecule has 0 amide bonds. The predicted octanol–water partition coefficient (Wildman–Crippen LogP) is 3.29. The minimum absolute atomic E-state index is 0.0386. The Morgan fingerprint density at radius 2 is 1.87 bits per heavy atom. The Kier molecular flexibility index (Phi) is 6.20. The number of carbonyl (C=O) groups excluding carboxylic acids is 2. The largest absolute Gasteiger partial charge is 0.457 e. The first kappa shape index (κ1) is 21.5. The lowest BCUT2D eigenvalue weighted by molar-refractivity contribution is -0.142. The lowest BCUT2D eigenvalue weighted by atomic mass is 10.1. The van der Waals surface area contributed by atoms with Crippen LogP contribution in [0.5, 0.6) is 0 Å². The van der Waals surface area contributed by atoms with Gasteiger partial charge in [-0.3, -0.25) is 19.0 Å². The average Bonchev–Trinajstić information content (AvgIpc) is 3.02. The van der Waals surface area contributed by atoms with E-state index in [-0.39, 0.29) is 36.8 Å². The van der Waals surface area contributed by atoms with Crippen molar-refractivity contribution >= 4 is 22.7 Å². The maximum Gasteiger partial charge on any atom is 0.306 e. The van der Waals surface area contributed by atoms with Crippen molar-refractivity contribution in [3.63, 3.8) is 0 Å². The lowest BCUT2D eigenvalue weighted by Crippen LogP contribution is -2.23. The highest BCUT2D eigenvalue weighted by atomic mass is 16.5. The molecular formula is C23H27N3O4. The lowest BCUT2D eigenvalue weighted by Gasteiger charge is -2.13. The molecule has 0 spiro atoms. The minimum atomic E-state index is -0.497. The van der Waals surface area contributed by atoms with E-state index in [9.17, 15) is 14.4 Å². The Morgan fingerprint density at radius 1 is 1.17 bits per heavy atom. The number of carbonyl (C=O) groups is 2. The van der Waals surface area contributed by atoms with Crippen molar-refractivity contribution < 1.29 is 14.3 Å². The third-order valence-electron chi connectivity index (χ3n) is 5.29. The van der Waals surface area contributed by atoms with Crippen molar-refractivity contribution in [2.45, 2.75) is 46.6 Å². The number of nitrogens with zero attached hydrogens (tertiary/aromatic N) is 3. The van der Waals surface area contributed by atoms with E-state index in [0.717, 1.165) is 11.4 Å². The molecule has 30 heavy (non-hydrogen) atoms. The van der Waals surface area contributed by atoms with E-state index in [1.165, 1.54) is 4.57 Å². The van der Waals surface area contributed by atoms with Crippen LogP contribution in [0.4, 0.5) is 0 Å². The van der Waals surface area contributed by atoms with Crippen molar-refractivity contribution in [3.8, 4) is 0 Å². The summed E-state index contributed by atoms with van der Waals surface area (Å²) in [5, 5.41) is 0.538. The van der Waals surface area contributed by atoms with Crippen molar-refractivity contribution in [1.29, 1.82) is 0 Å². The maximum atomic E-state index is 12.5. The first-order chi connectivity index (χ1) is 14.2. The van der Waals surface area contributed by atoms with Gasteiger partial charge < -0.3 is 9.30 Å². The number of ketones is 1. The molecule has 0 fully saturated rings. The van der Waals surface area contributed by atoms with Gasteiger partial charge in [-0.15, -0.1) is 0 Å². The van der Waals surface area contributed by atoms with Crippen LogP contribution in [0.2, 0.25) is 0 Å². The van der Waals surface area contributed by atoms with Gasteiger partial charge in [0.05, 0.1) is 17.3 Å². The van der Waals surface area contributed by atoms with Crippen LogP contribution in [0.15, 0.2) is 35.1 Å². The Morgan fingerprint density at radius 3 is 2.53 bits per heavy atom. The highest BCUT2D eigenvalue weighted by molar-refractivity contribution is 5.99. The average molecular weight is 409 g/mol. The first-order valence-corrected chi connectivity index (χ1v) is 10.0. The van der Waals surface area contributed by atoms with Gasteiger partial charge in [0.1, 0.15) is 5.82 Å². The van der Waals surface area contributed by atoms with Gasteiger partial charge in [-0.25, -0.2) is 4.98 Å². The van der Waals surface area contributed by atoms with E-state index >= 15 is 0 Å². The number of Topliss-reactive ketones (excluding diaryl/α,β-unsaturated/α-hetero) is 1. The molecule has 0 saturated carbocycles. The molecule has 2 heterocycles. The summed E-state index contributed by atoms with van der Waals surface area (Å²) < 4.78 is 8.72. The number of aryl methyl sites for hydroxylation is 2. The molecule has 0 unspecified atom stereocenters. The zero-order valence-electron chi connectivity index (χ0n) is 18.1. The van der Waals surface area contributed by atoms with E-state index in [2.05, 4.69) is 23.4 Å². The van der Waals surface area contributed by atoms with Gasteiger partial charge in [0, 0.05) is 36.5 Å². The molecule has 0 aliphatic carbocycles. The summed E-state index contributed by atoms with van der Waals surface area (Å²) in [5.74, 6) is -0.217. The van der Waals surface area contributed by atoms with Crippen molar-refractivity contribution in [3.05, 3.63) is 63.5 Å². The van der Waals surface area contributed by atoms with Gasteiger partial charge in [0.2, 0.25) is 5.78 Å². The molecule has 0 bridgehead atoms. The molecule has 2 aromatic heterocycles. The number of ether oxygens (including phenoxy) is 1. The number of fused-ring (bicyclic) bond motifs is 1. The minimum Gasteiger partial charge on any atom is -0.457 e. The molecule has 3 rings (SSSR count). The van der Waals surface area contributed by atoms with Crippen LogP contribution < -0.4 is 5.56 Å². The second kappa shape index (κ2) is 8.65. The van der Waals surface area contributed by atoms with E-state index in [4.69, 9.17) is 4.74 Å². The van der Waals surface area contributed by atoms with Crippen LogP contribution in [0, 0.1) is 13.8 Å². The molecule has 3 aromatic rings. The van der Waals surface area contributed by atoms with Crippen LogP contribution in [0.1, 0.15) is 53.9 Å². The normalized spacial score (nSPS) is 11.3. The molecule has 0 saturated heterocycles. The fourth-order valence-corrected chi connectivity index (χ4v) is 3.85. The van der Waals surface area contributed by atoms with Gasteiger partial charge in [0.25, 0.3) is 5.56 Å². The Hall–Kier alpha value is -3.22. The number of hydrogen-bond donors (Lipinski definition) is 0. The quantitative estimate of drug-likeness (QED) is 0.442. The van der Waals surface area contributed by atoms with Gasteiger partial charge in [-0.05, 0) is 45.9 Å². The highest BCUT2D eigenvalue weighted by Crippen LogP contribution is 2.20. The summed E-state index contributed by atoms with van der Waals surface area (Å²) in [6, 6.07) is 9.18. The topological polar surface area (TPSA) is 83.2 Å². The van der Waals surface area contributed by atoms with Crippen LogP contribution in [-0.2, 0) is 23.0 Å². The summed E-state index contributed by atoms with van der Waals surface area (Å²) in [4.78, 5) is 41.6. The molecule has 1 aromatic carbocycles.